The topological polar surface area (TPSA) is 38.3 Å². The summed E-state index contributed by atoms with van der Waals surface area (Å²) in [6.07, 6.45) is 1.67. The number of hydrogen-bond acceptors (Lipinski definition) is 3. The number of benzene rings is 1. The molecule has 3 nitrogen and oxygen atoms in total. The molecule has 1 atom stereocenters. The predicted molar refractivity (Wildman–Crippen MR) is 57.6 cm³/mol. The van der Waals surface area contributed by atoms with Crippen LogP contribution in [0.3, 0.4) is 0 Å². The molecule has 0 amide bonds. The monoisotopic (exact) mass is 204 g/mol. The third kappa shape index (κ3) is 2.12. The maximum atomic E-state index is 11.5. The summed E-state index contributed by atoms with van der Waals surface area (Å²) < 4.78 is 4.98. The molecular weight excluding hydrogens is 190 g/mol. The third-order valence-corrected chi connectivity index (χ3v) is 2.53. The first-order valence-electron chi connectivity index (χ1n) is 5.24. The molecule has 0 fully saturated rings. The van der Waals surface area contributed by atoms with Crippen LogP contribution in [-0.4, -0.2) is 18.6 Å². The van der Waals surface area contributed by atoms with E-state index in [1.165, 1.54) is 0 Å². The fourth-order valence-corrected chi connectivity index (χ4v) is 1.78. The highest BCUT2D eigenvalue weighted by atomic mass is 16.5. The molecule has 1 heterocycles. The Morgan fingerprint density at radius 1 is 1.73 bits per heavy atom. The van der Waals surface area contributed by atoms with Gasteiger partial charge in [0.1, 0.15) is 6.04 Å². The molecule has 15 heavy (non-hydrogen) atoms. The van der Waals surface area contributed by atoms with Crippen LogP contribution < -0.4 is 5.32 Å². The molecule has 2 rings (SSSR count). The molecule has 3 heteroatoms. The summed E-state index contributed by atoms with van der Waals surface area (Å²) in [7, 11) is 0. The van der Waals surface area contributed by atoms with E-state index in [1.54, 1.807) is 0 Å². The molecule has 1 aromatic rings. The van der Waals surface area contributed by atoms with Crippen molar-refractivity contribution in [3.05, 3.63) is 29.8 Å². The fourth-order valence-electron chi connectivity index (χ4n) is 1.78. The summed E-state index contributed by atoms with van der Waals surface area (Å²) in [6, 6.07) is 8.74. The van der Waals surface area contributed by atoms with Gasteiger partial charge < -0.3 is 10.1 Å². The summed E-state index contributed by atoms with van der Waals surface area (Å²) in [4.78, 5) is 11.5. The molecule has 0 aromatic heterocycles. The maximum absolute atomic E-state index is 11.5. The number of hydrogen-bond donors (Lipinski definition) is 1. The minimum atomic E-state index is -0.201. The summed E-state index contributed by atoms with van der Waals surface area (Å²) >= 11 is 0. The van der Waals surface area contributed by atoms with E-state index in [-0.39, 0.29) is 12.0 Å². The Labute approximate surface area is 89.4 Å². The van der Waals surface area contributed by atoms with Crippen molar-refractivity contribution < 1.29 is 9.53 Å². The van der Waals surface area contributed by atoms with Gasteiger partial charge in [-0.2, -0.15) is 0 Å². The Balaban J connectivity index is 2.08. The van der Waals surface area contributed by atoms with Crippen LogP contribution in [0.2, 0.25) is 0 Å². The lowest BCUT2D eigenvalue weighted by Gasteiger charge is -2.25. The van der Waals surface area contributed by atoms with Gasteiger partial charge in [-0.3, -0.25) is 0 Å². The molecular formula is C12H14NO2. The lowest BCUT2D eigenvalue weighted by Crippen LogP contribution is -2.34. The highest BCUT2D eigenvalue weighted by Crippen LogP contribution is 2.24. The molecule has 1 N–H and O–H groups in total. The highest BCUT2D eigenvalue weighted by Gasteiger charge is 2.24. The van der Waals surface area contributed by atoms with Crippen LogP contribution in [0.1, 0.15) is 18.9 Å². The first-order valence-corrected chi connectivity index (χ1v) is 5.24. The van der Waals surface area contributed by atoms with Gasteiger partial charge in [0.05, 0.1) is 6.61 Å². The lowest BCUT2D eigenvalue weighted by molar-refractivity contribution is -0.144. The van der Waals surface area contributed by atoms with Gasteiger partial charge >= 0.3 is 5.97 Å². The second-order valence-corrected chi connectivity index (χ2v) is 3.55. The number of fused-ring (bicyclic) bond motifs is 1. The van der Waals surface area contributed by atoms with Gasteiger partial charge in [0.15, 0.2) is 0 Å². The maximum Gasteiger partial charge on any atom is 0.328 e. The van der Waals surface area contributed by atoms with Gasteiger partial charge in [-0.15, -0.1) is 0 Å². The second kappa shape index (κ2) is 4.34. The molecule has 1 radical (unpaired) electrons. The average molecular weight is 204 g/mol. The highest BCUT2D eigenvalue weighted by molar-refractivity contribution is 5.80. The van der Waals surface area contributed by atoms with Crippen LogP contribution >= 0.6 is 0 Å². The SMILES string of the molecule is CCOC(=O)C1CCc2[c]cccc2N1. The largest absolute Gasteiger partial charge is 0.464 e. The first-order chi connectivity index (χ1) is 7.31. The zero-order valence-electron chi connectivity index (χ0n) is 8.75. The van der Waals surface area contributed by atoms with Crippen LogP contribution in [0.15, 0.2) is 18.2 Å². The quantitative estimate of drug-likeness (QED) is 0.746. The Morgan fingerprint density at radius 3 is 3.40 bits per heavy atom. The number of carbonyl (C=O) groups is 1. The molecule has 0 spiro atoms. The minimum Gasteiger partial charge on any atom is -0.464 e. The van der Waals surface area contributed by atoms with Crippen molar-refractivity contribution in [2.75, 3.05) is 11.9 Å². The van der Waals surface area contributed by atoms with E-state index in [2.05, 4.69) is 11.4 Å². The summed E-state index contributed by atoms with van der Waals surface area (Å²) in [5, 5.41) is 3.18. The zero-order valence-corrected chi connectivity index (χ0v) is 8.75. The van der Waals surface area contributed by atoms with Crippen molar-refractivity contribution in [2.24, 2.45) is 0 Å². The molecule has 1 aliphatic rings. The van der Waals surface area contributed by atoms with Gasteiger partial charge in [0, 0.05) is 5.69 Å². The standard InChI is InChI=1S/C12H14NO2/c1-2-15-12(14)11-8-7-9-5-3-4-6-10(9)13-11/h3-4,6,11,13H,2,7-8H2,1H3. The van der Waals surface area contributed by atoms with E-state index in [9.17, 15) is 4.79 Å². The second-order valence-electron chi connectivity index (χ2n) is 3.55. The molecule has 0 saturated carbocycles. The Bertz CT molecular complexity index is 362. The predicted octanol–water partition coefficient (Wildman–Crippen LogP) is 1.78. The Morgan fingerprint density at radius 2 is 2.60 bits per heavy atom. The van der Waals surface area contributed by atoms with E-state index in [4.69, 9.17) is 4.74 Å². The van der Waals surface area contributed by atoms with E-state index in [1.807, 2.05) is 25.1 Å². The Hall–Kier alpha value is -1.51. The molecule has 0 aliphatic carbocycles. The van der Waals surface area contributed by atoms with Crippen LogP contribution in [-0.2, 0) is 16.0 Å². The number of nitrogens with one attached hydrogen (secondary N) is 1. The third-order valence-electron chi connectivity index (χ3n) is 2.53. The first kappa shape index (κ1) is 10.0. The summed E-state index contributed by atoms with van der Waals surface area (Å²) in [5.74, 6) is -0.160. The molecule has 1 aliphatic heterocycles. The van der Waals surface area contributed by atoms with Crippen molar-refractivity contribution >= 4 is 11.7 Å². The molecule has 79 valence electrons. The number of rotatable bonds is 2. The van der Waals surface area contributed by atoms with Crippen LogP contribution in [0, 0.1) is 6.07 Å². The smallest absolute Gasteiger partial charge is 0.328 e. The van der Waals surface area contributed by atoms with Crippen molar-refractivity contribution in [1.82, 2.24) is 0 Å². The average Bonchev–Trinajstić information content (AvgIpc) is 2.29. The van der Waals surface area contributed by atoms with Gasteiger partial charge in [0.25, 0.3) is 0 Å². The van der Waals surface area contributed by atoms with Crippen molar-refractivity contribution in [3.63, 3.8) is 0 Å². The van der Waals surface area contributed by atoms with E-state index in [0.717, 1.165) is 24.1 Å². The van der Waals surface area contributed by atoms with E-state index >= 15 is 0 Å². The van der Waals surface area contributed by atoms with Crippen LogP contribution in [0.5, 0.6) is 0 Å². The zero-order chi connectivity index (χ0) is 10.7. The van der Waals surface area contributed by atoms with Crippen LogP contribution in [0.25, 0.3) is 0 Å². The summed E-state index contributed by atoms with van der Waals surface area (Å²) in [5.41, 5.74) is 2.15. The normalized spacial score (nSPS) is 18.9. The molecule has 0 saturated heterocycles. The Kier molecular flexibility index (Phi) is 2.90. The molecule has 0 bridgehead atoms. The van der Waals surface area contributed by atoms with Crippen molar-refractivity contribution in [2.45, 2.75) is 25.8 Å². The lowest BCUT2D eigenvalue weighted by atomic mass is 9.98. The van der Waals surface area contributed by atoms with Crippen LogP contribution in [0.4, 0.5) is 5.69 Å². The van der Waals surface area contributed by atoms with Gasteiger partial charge in [-0.05, 0) is 37.5 Å². The van der Waals surface area contributed by atoms with Gasteiger partial charge in [-0.1, -0.05) is 12.1 Å². The molecule has 1 aromatic carbocycles. The van der Waals surface area contributed by atoms with Gasteiger partial charge in [-0.25, -0.2) is 4.79 Å². The number of ether oxygens (including phenoxy) is 1. The van der Waals surface area contributed by atoms with Crippen molar-refractivity contribution in [3.8, 4) is 0 Å². The van der Waals surface area contributed by atoms with E-state index in [0.29, 0.717) is 6.61 Å². The molecule has 1 unspecified atom stereocenters. The fraction of sp³-hybridized carbons (Fsp3) is 0.417. The van der Waals surface area contributed by atoms with Gasteiger partial charge in [0.2, 0.25) is 0 Å². The number of aryl methyl sites for hydroxylation is 1. The van der Waals surface area contributed by atoms with E-state index < -0.39 is 0 Å². The number of esters is 1. The summed E-state index contributed by atoms with van der Waals surface area (Å²) in [6.45, 7) is 2.26. The number of anilines is 1. The minimum absolute atomic E-state index is 0.160. The number of carbonyl (C=O) groups excluding carboxylic acids is 1. The van der Waals surface area contributed by atoms with Crippen molar-refractivity contribution in [1.29, 1.82) is 0 Å².